The van der Waals surface area contributed by atoms with Crippen LogP contribution in [0.2, 0.25) is 0 Å². The van der Waals surface area contributed by atoms with Gasteiger partial charge >= 0.3 is 0 Å². The van der Waals surface area contributed by atoms with Crippen LogP contribution in [0.5, 0.6) is 0 Å². The molecule has 2 nitrogen and oxygen atoms in total. The van der Waals surface area contributed by atoms with Crippen molar-refractivity contribution in [1.82, 2.24) is 4.57 Å². The van der Waals surface area contributed by atoms with Gasteiger partial charge in [-0.25, -0.2) is 4.57 Å². The zero-order chi connectivity index (χ0) is 20.6. The van der Waals surface area contributed by atoms with Gasteiger partial charge in [-0.3, -0.25) is 0 Å². The largest absolute Gasteiger partial charge is 0.259 e. The Morgan fingerprint density at radius 2 is 1.62 bits per heavy atom. The molecule has 0 radical (unpaired) electrons. The number of para-hydroxylation sites is 1. The highest BCUT2D eigenvalue weighted by Gasteiger charge is 2.33. The molecule has 1 aromatic heterocycles. The molecule has 4 rings (SSSR count). The van der Waals surface area contributed by atoms with Crippen molar-refractivity contribution in [2.75, 3.05) is 0 Å². The van der Waals surface area contributed by atoms with E-state index >= 15 is 0 Å². The fourth-order valence-electron chi connectivity index (χ4n) is 4.40. The molecule has 1 heterocycles. The van der Waals surface area contributed by atoms with Crippen LogP contribution in [-0.2, 0) is 0 Å². The zero-order valence-electron chi connectivity index (χ0n) is 18.7. The molecule has 0 saturated heterocycles. The van der Waals surface area contributed by atoms with E-state index in [9.17, 15) is 0 Å². The van der Waals surface area contributed by atoms with Crippen molar-refractivity contribution >= 4 is 0 Å². The van der Waals surface area contributed by atoms with E-state index in [1.54, 1.807) is 0 Å². The van der Waals surface area contributed by atoms with E-state index in [0.717, 1.165) is 53.9 Å². The predicted octanol–water partition coefficient (Wildman–Crippen LogP) is 5.86. The van der Waals surface area contributed by atoms with Gasteiger partial charge in [0.2, 0.25) is 0 Å². The number of imidazole rings is 1. The number of nitrogens with zero attached hydrogens (tertiary/aromatic N) is 2. The van der Waals surface area contributed by atoms with Crippen molar-refractivity contribution < 1.29 is 8.68 Å². The molecule has 1 fully saturated rings. The molecule has 0 aliphatic heterocycles. The van der Waals surface area contributed by atoms with Crippen molar-refractivity contribution in [3.8, 4) is 16.9 Å². The van der Waals surface area contributed by atoms with Gasteiger partial charge in [0.1, 0.15) is 11.7 Å². The summed E-state index contributed by atoms with van der Waals surface area (Å²) >= 11 is 0. The van der Waals surface area contributed by atoms with Crippen LogP contribution in [0.3, 0.4) is 0 Å². The van der Waals surface area contributed by atoms with Gasteiger partial charge in [0, 0.05) is 23.5 Å². The maximum absolute atomic E-state index is 8.46. The van der Waals surface area contributed by atoms with Crippen LogP contribution < -0.4 is 4.57 Å². The Kier molecular flexibility index (Phi) is 3.77. The molecule has 26 heavy (non-hydrogen) atoms. The van der Waals surface area contributed by atoms with Gasteiger partial charge in [-0.2, -0.15) is 4.57 Å². The van der Waals surface area contributed by atoms with Gasteiger partial charge in [0.05, 0.1) is 0 Å². The van der Waals surface area contributed by atoms with Gasteiger partial charge in [-0.15, -0.1) is 0 Å². The summed E-state index contributed by atoms with van der Waals surface area (Å²) in [6.45, 7) is 1.89. The molecule has 0 atom stereocenters. The van der Waals surface area contributed by atoms with E-state index < -0.39 is 6.85 Å². The molecular weight excluding hydrogens is 316 g/mol. The second-order valence-electron chi connectivity index (χ2n) is 7.41. The average molecular weight is 349 g/mol. The van der Waals surface area contributed by atoms with Crippen molar-refractivity contribution in [2.45, 2.75) is 58.8 Å². The Bertz CT molecular complexity index is 997. The summed E-state index contributed by atoms with van der Waals surface area (Å²) in [5.74, 6) is 0.426. The highest BCUT2D eigenvalue weighted by atomic mass is 15.2. The number of hydrogen-bond acceptors (Lipinski definition) is 0. The maximum atomic E-state index is 8.46. The lowest BCUT2D eigenvalue weighted by Crippen LogP contribution is -2.44. The number of hydrogen-bond donors (Lipinski definition) is 0. The van der Waals surface area contributed by atoms with Crippen LogP contribution in [0.25, 0.3) is 16.9 Å². The fourth-order valence-corrected chi connectivity index (χ4v) is 4.40. The molecule has 1 aliphatic rings. The molecule has 2 aromatic carbocycles. The van der Waals surface area contributed by atoms with Gasteiger partial charge in [-0.05, 0) is 44.2 Å². The summed E-state index contributed by atoms with van der Waals surface area (Å²) in [6, 6.07) is 18.5. The molecular formula is C24H29N2+. The Morgan fingerprint density at radius 3 is 2.31 bits per heavy atom. The lowest BCUT2D eigenvalue weighted by atomic mass is 9.94. The topological polar surface area (TPSA) is 8.81 Å². The first kappa shape index (κ1) is 13.8. The quantitative estimate of drug-likeness (QED) is 0.524. The third kappa shape index (κ3) is 2.88. The molecule has 0 N–H and O–H groups in total. The molecule has 3 aromatic rings. The Morgan fingerprint density at radius 1 is 0.923 bits per heavy atom. The number of aromatic nitrogens is 2. The average Bonchev–Trinajstić information content (AvgIpc) is 3.03. The minimum absolute atomic E-state index is 0.221. The normalized spacial score (nSPS) is 17.5. The van der Waals surface area contributed by atoms with Crippen LogP contribution in [0.15, 0.2) is 54.6 Å². The van der Waals surface area contributed by atoms with Gasteiger partial charge < -0.3 is 0 Å². The van der Waals surface area contributed by atoms with Crippen LogP contribution in [0.4, 0.5) is 0 Å². The molecule has 0 amide bonds. The van der Waals surface area contributed by atoms with E-state index in [0.29, 0.717) is 5.82 Å². The minimum Gasteiger partial charge on any atom is -0.224 e. The van der Waals surface area contributed by atoms with E-state index in [1.807, 2.05) is 54.0 Å². The molecule has 1 saturated carbocycles. The fraction of sp³-hybridized carbons (Fsp3) is 0.375. The SMILES string of the molecule is [2H]C([2H])([2H])c1n(-c2ccccc2C)c(C)c(-c2ccccc2)[n+]1C1CCCCC1. The highest BCUT2D eigenvalue weighted by Crippen LogP contribution is 2.32. The first-order chi connectivity index (χ1) is 13.9. The van der Waals surface area contributed by atoms with Gasteiger partial charge in [-0.1, -0.05) is 55.0 Å². The summed E-state index contributed by atoms with van der Waals surface area (Å²) in [6.07, 6.45) is 5.61. The van der Waals surface area contributed by atoms with Crippen LogP contribution in [0, 0.1) is 20.7 Å². The van der Waals surface area contributed by atoms with E-state index in [-0.39, 0.29) is 6.04 Å². The zero-order valence-corrected chi connectivity index (χ0v) is 15.7. The summed E-state index contributed by atoms with van der Waals surface area (Å²) in [5, 5.41) is 0. The van der Waals surface area contributed by atoms with Crippen molar-refractivity contribution in [1.29, 1.82) is 0 Å². The van der Waals surface area contributed by atoms with Crippen LogP contribution in [0.1, 0.15) is 59.3 Å². The first-order valence-corrected chi connectivity index (χ1v) is 9.68. The maximum Gasteiger partial charge on any atom is 0.259 e. The molecule has 134 valence electrons. The third-order valence-electron chi connectivity index (χ3n) is 5.70. The molecule has 2 heteroatoms. The molecule has 1 aliphatic carbocycles. The second kappa shape index (κ2) is 7.11. The van der Waals surface area contributed by atoms with Crippen molar-refractivity contribution in [3.63, 3.8) is 0 Å². The standard InChI is InChI=1S/C24H29N2/c1-18-12-10-11-17-23(18)25-19(2)24(21-13-6-4-7-14-21)26(20(25)3)22-15-8-5-9-16-22/h4,6-7,10-14,17,22H,5,8-9,15-16H2,1-3H3/q+1/i3D3. The van der Waals surface area contributed by atoms with Crippen molar-refractivity contribution in [2.24, 2.45) is 0 Å². The van der Waals surface area contributed by atoms with Gasteiger partial charge in [0.15, 0.2) is 11.4 Å². The molecule has 0 spiro atoms. The highest BCUT2D eigenvalue weighted by molar-refractivity contribution is 5.60. The van der Waals surface area contributed by atoms with Crippen LogP contribution >= 0.6 is 0 Å². The lowest BCUT2D eigenvalue weighted by molar-refractivity contribution is -0.720. The summed E-state index contributed by atoms with van der Waals surface area (Å²) in [4.78, 5) is 0. The Balaban J connectivity index is 2.09. The minimum atomic E-state index is -2.21. The third-order valence-corrected chi connectivity index (χ3v) is 5.70. The van der Waals surface area contributed by atoms with Crippen LogP contribution in [-0.4, -0.2) is 4.57 Å². The predicted molar refractivity (Wildman–Crippen MR) is 108 cm³/mol. The summed E-state index contributed by atoms with van der Waals surface area (Å²) < 4.78 is 29.5. The van der Waals surface area contributed by atoms with Gasteiger partial charge in [0.25, 0.3) is 5.82 Å². The van der Waals surface area contributed by atoms with E-state index in [4.69, 9.17) is 4.11 Å². The monoisotopic (exact) mass is 348 g/mol. The first-order valence-electron chi connectivity index (χ1n) is 11.2. The summed E-state index contributed by atoms with van der Waals surface area (Å²) in [7, 11) is 0. The van der Waals surface area contributed by atoms with E-state index in [1.165, 1.54) is 6.42 Å². The molecule has 0 bridgehead atoms. The Hall–Kier alpha value is -2.35. The lowest BCUT2D eigenvalue weighted by Gasteiger charge is -2.21. The smallest absolute Gasteiger partial charge is 0.224 e. The van der Waals surface area contributed by atoms with E-state index in [2.05, 4.69) is 23.6 Å². The number of rotatable bonds is 3. The Labute approximate surface area is 161 Å². The summed E-state index contributed by atoms with van der Waals surface area (Å²) in [5.41, 5.74) is 5.12. The molecule has 0 unspecified atom stereocenters. The second-order valence-corrected chi connectivity index (χ2v) is 7.41. The number of benzene rings is 2. The van der Waals surface area contributed by atoms with Crippen molar-refractivity contribution in [3.05, 3.63) is 71.7 Å². The number of aryl methyl sites for hydroxylation is 1.